The second-order valence-corrected chi connectivity index (χ2v) is 4.45. The molecule has 0 bridgehead atoms. The smallest absolute Gasteiger partial charge is 0.221 e. The van der Waals surface area contributed by atoms with E-state index in [2.05, 4.69) is 33.9 Å². The van der Waals surface area contributed by atoms with Crippen molar-refractivity contribution in [2.24, 2.45) is 0 Å². The Morgan fingerprint density at radius 2 is 2.18 bits per heavy atom. The summed E-state index contributed by atoms with van der Waals surface area (Å²) in [6.45, 7) is 3.94. The van der Waals surface area contributed by atoms with Gasteiger partial charge in [-0.3, -0.25) is 4.79 Å². The average molecular weight is 293 g/mol. The van der Waals surface area contributed by atoms with Gasteiger partial charge in [0, 0.05) is 17.4 Å². The van der Waals surface area contributed by atoms with E-state index in [-0.39, 0.29) is 12.3 Å². The highest BCUT2D eigenvalue weighted by molar-refractivity contribution is 9.10. The first-order chi connectivity index (χ1) is 8.17. The molecule has 1 aromatic carbocycles. The SMILES string of the molecule is C=CCNC(=O)CC(C#N)c1ccc(Br)cc1. The summed E-state index contributed by atoms with van der Waals surface area (Å²) >= 11 is 3.33. The van der Waals surface area contributed by atoms with Gasteiger partial charge < -0.3 is 5.32 Å². The first-order valence-corrected chi connectivity index (χ1v) is 5.99. The third-order valence-corrected chi connectivity index (χ3v) is 2.79. The summed E-state index contributed by atoms with van der Waals surface area (Å²) in [7, 11) is 0. The standard InChI is InChI=1S/C13H13BrN2O/c1-2-7-16-13(17)8-11(9-15)10-3-5-12(14)6-4-10/h2-6,11H,1,7-8H2,(H,16,17). The average Bonchev–Trinajstić information content (AvgIpc) is 2.34. The third-order valence-electron chi connectivity index (χ3n) is 2.26. The van der Waals surface area contributed by atoms with Crippen molar-refractivity contribution >= 4 is 21.8 Å². The van der Waals surface area contributed by atoms with Gasteiger partial charge in [0.05, 0.1) is 12.0 Å². The number of nitriles is 1. The fraction of sp³-hybridized carbons (Fsp3) is 0.231. The Labute approximate surface area is 109 Å². The lowest BCUT2D eigenvalue weighted by Crippen LogP contribution is -2.24. The molecule has 1 unspecified atom stereocenters. The number of amides is 1. The Balaban J connectivity index is 2.66. The van der Waals surface area contributed by atoms with Crippen molar-refractivity contribution in [3.8, 4) is 6.07 Å². The van der Waals surface area contributed by atoms with E-state index < -0.39 is 5.92 Å². The number of nitrogens with one attached hydrogen (secondary N) is 1. The molecule has 1 amide bonds. The molecule has 1 N–H and O–H groups in total. The minimum absolute atomic E-state index is 0.139. The lowest BCUT2D eigenvalue weighted by Gasteiger charge is -2.09. The monoisotopic (exact) mass is 292 g/mol. The lowest BCUT2D eigenvalue weighted by atomic mass is 9.97. The van der Waals surface area contributed by atoms with Crippen molar-refractivity contribution in [1.82, 2.24) is 5.32 Å². The Hall–Kier alpha value is -1.60. The summed E-state index contributed by atoms with van der Waals surface area (Å²) in [5, 5.41) is 11.7. The van der Waals surface area contributed by atoms with Crippen LogP contribution >= 0.6 is 15.9 Å². The molecule has 0 aliphatic rings. The van der Waals surface area contributed by atoms with Gasteiger partial charge in [0.2, 0.25) is 5.91 Å². The van der Waals surface area contributed by atoms with Crippen LogP contribution in [0, 0.1) is 11.3 Å². The second kappa shape index (κ2) is 6.87. The van der Waals surface area contributed by atoms with Crippen LogP contribution < -0.4 is 5.32 Å². The fourth-order valence-corrected chi connectivity index (χ4v) is 1.64. The number of nitrogens with zero attached hydrogens (tertiary/aromatic N) is 1. The van der Waals surface area contributed by atoms with Crippen LogP contribution in [-0.2, 0) is 4.79 Å². The number of halogens is 1. The van der Waals surface area contributed by atoms with Crippen LogP contribution in [0.5, 0.6) is 0 Å². The molecule has 0 spiro atoms. The van der Waals surface area contributed by atoms with E-state index >= 15 is 0 Å². The topological polar surface area (TPSA) is 52.9 Å². The lowest BCUT2D eigenvalue weighted by molar-refractivity contribution is -0.121. The summed E-state index contributed by atoms with van der Waals surface area (Å²) in [4.78, 5) is 11.5. The molecule has 3 nitrogen and oxygen atoms in total. The van der Waals surface area contributed by atoms with Gasteiger partial charge in [-0.05, 0) is 17.7 Å². The maximum absolute atomic E-state index is 11.5. The van der Waals surface area contributed by atoms with E-state index in [1.807, 2.05) is 24.3 Å². The molecule has 0 aliphatic carbocycles. The number of hydrogen-bond donors (Lipinski definition) is 1. The van der Waals surface area contributed by atoms with Crippen LogP contribution in [0.1, 0.15) is 17.9 Å². The van der Waals surface area contributed by atoms with Crippen molar-refractivity contribution < 1.29 is 4.79 Å². The summed E-state index contributed by atoms with van der Waals surface area (Å²) in [5.74, 6) is -0.549. The Morgan fingerprint density at radius 1 is 1.53 bits per heavy atom. The second-order valence-electron chi connectivity index (χ2n) is 3.53. The van der Waals surface area contributed by atoms with Crippen LogP contribution in [0.3, 0.4) is 0 Å². The number of hydrogen-bond acceptors (Lipinski definition) is 2. The Morgan fingerprint density at radius 3 is 2.71 bits per heavy atom. The van der Waals surface area contributed by atoms with Gasteiger partial charge in [-0.25, -0.2) is 0 Å². The van der Waals surface area contributed by atoms with Gasteiger partial charge in [0.15, 0.2) is 0 Å². The zero-order chi connectivity index (χ0) is 12.7. The third kappa shape index (κ3) is 4.41. The van der Waals surface area contributed by atoms with Crippen LogP contribution in [0.4, 0.5) is 0 Å². The molecule has 0 fully saturated rings. The molecule has 0 radical (unpaired) electrons. The van der Waals surface area contributed by atoms with Crippen molar-refractivity contribution in [2.45, 2.75) is 12.3 Å². The largest absolute Gasteiger partial charge is 0.353 e. The first kappa shape index (κ1) is 13.5. The maximum Gasteiger partial charge on any atom is 0.221 e. The number of carbonyl (C=O) groups is 1. The number of carbonyl (C=O) groups excluding carboxylic acids is 1. The van der Waals surface area contributed by atoms with Crippen LogP contribution in [-0.4, -0.2) is 12.5 Å². The molecule has 88 valence electrons. The van der Waals surface area contributed by atoms with Crippen molar-refractivity contribution in [3.05, 3.63) is 47.0 Å². The minimum Gasteiger partial charge on any atom is -0.353 e. The van der Waals surface area contributed by atoms with Crippen molar-refractivity contribution in [1.29, 1.82) is 5.26 Å². The summed E-state index contributed by atoms with van der Waals surface area (Å²) in [6.07, 6.45) is 1.78. The molecule has 1 aromatic rings. The molecular weight excluding hydrogens is 280 g/mol. The molecule has 0 saturated heterocycles. The minimum atomic E-state index is -0.409. The molecule has 4 heteroatoms. The van der Waals surface area contributed by atoms with Crippen molar-refractivity contribution in [3.63, 3.8) is 0 Å². The molecule has 0 heterocycles. The summed E-state index contributed by atoms with van der Waals surface area (Å²) < 4.78 is 0.953. The zero-order valence-electron chi connectivity index (χ0n) is 9.32. The maximum atomic E-state index is 11.5. The van der Waals surface area contributed by atoms with Gasteiger partial charge >= 0.3 is 0 Å². The molecule has 0 aromatic heterocycles. The molecule has 17 heavy (non-hydrogen) atoms. The van der Waals surface area contributed by atoms with Gasteiger partial charge in [-0.1, -0.05) is 34.1 Å². The van der Waals surface area contributed by atoms with Crippen LogP contribution in [0.2, 0.25) is 0 Å². The molecule has 1 atom stereocenters. The zero-order valence-corrected chi connectivity index (χ0v) is 10.9. The number of rotatable bonds is 5. The Kier molecular flexibility index (Phi) is 5.44. The van der Waals surface area contributed by atoms with E-state index in [0.717, 1.165) is 10.0 Å². The fourth-order valence-electron chi connectivity index (χ4n) is 1.38. The molecular formula is C13H13BrN2O. The number of benzene rings is 1. The van der Waals surface area contributed by atoms with Gasteiger partial charge in [0.1, 0.15) is 0 Å². The van der Waals surface area contributed by atoms with Gasteiger partial charge in [-0.15, -0.1) is 6.58 Å². The van der Waals surface area contributed by atoms with Crippen molar-refractivity contribution in [2.75, 3.05) is 6.54 Å². The normalized spacial score (nSPS) is 11.3. The van der Waals surface area contributed by atoms with E-state index in [4.69, 9.17) is 5.26 Å². The van der Waals surface area contributed by atoms with Crippen LogP contribution in [0.15, 0.2) is 41.4 Å². The van der Waals surface area contributed by atoms with E-state index in [9.17, 15) is 4.79 Å². The van der Waals surface area contributed by atoms with Crippen LogP contribution in [0.25, 0.3) is 0 Å². The Bertz CT molecular complexity index is 434. The summed E-state index contributed by atoms with van der Waals surface area (Å²) in [5.41, 5.74) is 0.851. The highest BCUT2D eigenvalue weighted by Crippen LogP contribution is 2.21. The predicted octanol–water partition coefficient (Wildman–Crippen LogP) is 2.75. The van der Waals surface area contributed by atoms with Gasteiger partial charge in [0.25, 0.3) is 0 Å². The predicted molar refractivity (Wildman–Crippen MR) is 70.3 cm³/mol. The summed E-state index contributed by atoms with van der Waals surface area (Å²) in [6, 6.07) is 9.56. The highest BCUT2D eigenvalue weighted by Gasteiger charge is 2.14. The van der Waals surface area contributed by atoms with Gasteiger partial charge in [-0.2, -0.15) is 5.26 Å². The molecule has 1 rings (SSSR count). The van der Waals surface area contributed by atoms with E-state index in [1.54, 1.807) is 6.08 Å². The quantitative estimate of drug-likeness (QED) is 0.849. The van der Waals surface area contributed by atoms with E-state index in [1.165, 1.54) is 0 Å². The molecule has 0 aliphatic heterocycles. The highest BCUT2D eigenvalue weighted by atomic mass is 79.9. The van der Waals surface area contributed by atoms with E-state index in [0.29, 0.717) is 6.54 Å². The first-order valence-electron chi connectivity index (χ1n) is 5.20. The molecule has 0 saturated carbocycles.